The second-order valence-corrected chi connectivity index (χ2v) is 6.16. The molecule has 0 radical (unpaired) electrons. The van der Waals surface area contributed by atoms with E-state index in [2.05, 4.69) is 25.8 Å². The number of halogens is 1. The van der Waals surface area contributed by atoms with Crippen molar-refractivity contribution in [2.75, 3.05) is 0 Å². The van der Waals surface area contributed by atoms with Crippen molar-refractivity contribution in [3.05, 3.63) is 53.0 Å². The Morgan fingerprint density at radius 3 is 2.52 bits per heavy atom. The van der Waals surface area contributed by atoms with Crippen LogP contribution in [0.3, 0.4) is 0 Å². The van der Waals surface area contributed by atoms with Crippen molar-refractivity contribution < 1.29 is 9.13 Å². The van der Waals surface area contributed by atoms with Crippen molar-refractivity contribution in [3.8, 4) is 11.6 Å². The van der Waals surface area contributed by atoms with Crippen LogP contribution in [0.1, 0.15) is 37.6 Å². The molecule has 3 nitrogen and oxygen atoms in total. The van der Waals surface area contributed by atoms with Crippen LogP contribution < -0.4 is 10.5 Å². The van der Waals surface area contributed by atoms with Gasteiger partial charge in [-0.25, -0.2) is 9.37 Å². The van der Waals surface area contributed by atoms with Gasteiger partial charge in [0.1, 0.15) is 11.6 Å². The summed E-state index contributed by atoms with van der Waals surface area (Å²) in [5, 5.41) is 0. The molecule has 1 aromatic carbocycles. The number of pyridine rings is 1. The number of hydrogen-bond donors (Lipinski definition) is 1. The van der Waals surface area contributed by atoms with Gasteiger partial charge in [0.05, 0.1) is 5.69 Å². The normalized spacial score (nSPS) is 11.5. The average Bonchev–Trinajstić information content (AvgIpc) is 2.41. The first kappa shape index (κ1) is 15.4. The van der Waals surface area contributed by atoms with Crippen molar-refractivity contribution >= 4 is 0 Å². The highest BCUT2D eigenvalue weighted by Crippen LogP contribution is 2.28. The topological polar surface area (TPSA) is 48.1 Å². The standard InChI is InChI=1S/C17H21FN2O/c1-11-5-6-13(18)9-14(11)21-16-8-12(10-19)7-15(20-16)17(2,3)4/h5-9H,10,19H2,1-4H3. The van der Waals surface area contributed by atoms with Crippen molar-refractivity contribution in [2.45, 2.75) is 39.7 Å². The van der Waals surface area contributed by atoms with E-state index in [1.54, 1.807) is 12.1 Å². The van der Waals surface area contributed by atoms with Crippen LogP contribution in [0.25, 0.3) is 0 Å². The van der Waals surface area contributed by atoms with Crippen LogP contribution in [0.2, 0.25) is 0 Å². The largest absolute Gasteiger partial charge is 0.439 e. The minimum Gasteiger partial charge on any atom is -0.439 e. The average molecular weight is 288 g/mol. The maximum atomic E-state index is 13.3. The van der Waals surface area contributed by atoms with E-state index in [4.69, 9.17) is 10.5 Å². The molecule has 0 spiro atoms. The molecule has 4 heteroatoms. The number of nitrogens with two attached hydrogens (primary N) is 1. The van der Waals surface area contributed by atoms with E-state index in [1.807, 2.05) is 13.0 Å². The lowest BCUT2D eigenvalue weighted by Gasteiger charge is -2.20. The number of aromatic nitrogens is 1. The lowest BCUT2D eigenvalue weighted by atomic mass is 9.91. The minimum atomic E-state index is -0.332. The predicted octanol–water partition coefficient (Wildman–Crippen LogP) is 4.08. The van der Waals surface area contributed by atoms with Gasteiger partial charge in [-0.05, 0) is 30.2 Å². The molecule has 2 N–H and O–H groups in total. The van der Waals surface area contributed by atoms with Gasteiger partial charge >= 0.3 is 0 Å². The van der Waals surface area contributed by atoms with Crippen LogP contribution in [-0.2, 0) is 12.0 Å². The second-order valence-electron chi connectivity index (χ2n) is 6.16. The number of hydrogen-bond acceptors (Lipinski definition) is 3. The molecule has 1 heterocycles. The monoisotopic (exact) mass is 288 g/mol. The molecular formula is C17H21FN2O. The van der Waals surface area contributed by atoms with Crippen molar-refractivity contribution in [1.82, 2.24) is 4.98 Å². The van der Waals surface area contributed by atoms with Gasteiger partial charge in [0.15, 0.2) is 0 Å². The molecule has 112 valence electrons. The van der Waals surface area contributed by atoms with E-state index in [0.717, 1.165) is 16.8 Å². The highest BCUT2D eigenvalue weighted by molar-refractivity contribution is 5.37. The summed E-state index contributed by atoms with van der Waals surface area (Å²) in [4.78, 5) is 4.52. The van der Waals surface area contributed by atoms with Gasteiger partial charge in [-0.15, -0.1) is 0 Å². The van der Waals surface area contributed by atoms with E-state index in [9.17, 15) is 4.39 Å². The molecule has 1 aromatic heterocycles. The van der Waals surface area contributed by atoms with Gasteiger partial charge < -0.3 is 10.5 Å². The first-order valence-electron chi connectivity index (χ1n) is 6.95. The zero-order chi connectivity index (χ0) is 15.6. The molecule has 0 saturated carbocycles. The smallest absolute Gasteiger partial charge is 0.219 e. The van der Waals surface area contributed by atoms with Gasteiger partial charge in [0, 0.05) is 24.1 Å². The van der Waals surface area contributed by atoms with Crippen molar-refractivity contribution in [2.24, 2.45) is 5.73 Å². The van der Waals surface area contributed by atoms with Crippen molar-refractivity contribution in [3.63, 3.8) is 0 Å². The number of nitrogens with zero attached hydrogens (tertiary/aromatic N) is 1. The number of ether oxygens (including phenoxy) is 1. The fraction of sp³-hybridized carbons (Fsp3) is 0.353. The Bertz CT molecular complexity index is 648. The van der Waals surface area contributed by atoms with Crippen LogP contribution in [0, 0.1) is 12.7 Å². The summed E-state index contributed by atoms with van der Waals surface area (Å²) in [6, 6.07) is 8.22. The molecule has 0 unspecified atom stereocenters. The molecule has 0 fully saturated rings. The molecule has 0 bridgehead atoms. The summed E-state index contributed by atoms with van der Waals surface area (Å²) in [6.45, 7) is 8.50. The Kier molecular flexibility index (Phi) is 4.28. The van der Waals surface area contributed by atoms with Crippen LogP contribution in [0.5, 0.6) is 11.6 Å². The quantitative estimate of drug-likeness (QED) is 0.925. The number of benzene rings is 1. The van der Waals surface area contributed by atoms with Gasteiger partial charge in [0.2, 0.25) is 5.88 Å². The molecule has 21 heavy (non-hydrogen) atoms. The maximum absolute atomic E-state index is 13.3. The molecule has 0 aliphatic heterocycles. The summed E-state index contributed by atoms with van der Waals surface area (Å²) in [7, 11) is 0. The van der Waals surface area contributed by atoms with E-state index in [0.29, 0.717) is 18.2 Å². The molecule has 0 aliphatic carbocycles. The Morgan fingerprint density at radius 2 is 1.90 bits per heavy atom. The van der Waals surface area contributed by atoms with E-state index >= 15 is 0 Å². The van der Waals surface area contributed by atoms with Gasteiger partial charge in [-0.3, -0.25) is 0 Å². The highest BCUT2D eigenvalue weighted by Gasteiger charge is 2.18. The van der Waals surface area contributed by atoms with Crippen molar-refractivity contribution in [1.29, 1.82) is 0 Å². The Morgan fingerprint density at radius 1 is 1.19 bits per heavy atom. The molecule has 0 aliphatic rings. The molecule has 0 atom stereocenters. The molecular weight excluding hydrogens is 267 g/mol. The summed E-state index contributed by atoms with van der Waals surface area (Å²) >= 11 is 0. The minimum absolute atomic E-state index is 0.111. The fourth-order valence-electron chi connectivity index (χ4n) is 1.91. The van der Waals surface area contributed by atoms with E-state index in [1.165, 1.54) is 12.1 Å². The first-order valence-corrected chi connectivity index (χ1v) is 6.95. The number of aryl methyl sites for hydroxylation is 1. The maximum Gasteiger partial charge on any atom is 0.219 e. The number of rotatable bonds is 3. The zero-order valence-corrected chi connectivity index (χ0v) is 12.9. The fourth-order valence-corrected chi connectivity index (χ4v) is 1.91. The first-order chi connectivity index (χ1) is 9.79. The van der Waals surface area contributed by atoms with E-state index in [-0.39, 0.29) is 11.2 Å². The summed E-state index contributed by atoms with van der Waals surface area (Å²) < 4.78 is 19.1. The SMILES string of the molecule is Cc1ccc(F)cc1Oc1cc(CN)cc(C(C)(C)C)n1. The summed E-state index contributed by atoms with van der Waals surface area (Å²) in [5.74, 6) is 0.578. The molecule has 2 rings (SSSR count). The Hall–Kier alpha value is -1.94. The van der Waals surface area contributed by atoms with Crippen LogP contribution >= 0.6 is 0 Å². The predicted molar refractivity (Wildman–Crippen MR) is 82.0 cm³/mol. The second kappa shape index (κ2) is 5.82. The molecule has 0 saturated heterocycles. The lowest BCUT2D eigenvalue weighted by molar-refractivity contribution is 0.443. The third-order valence-electron chi connectivity index (χ3n) is 3.23. The Balaban J connectivity index is 2.42. The summed E-state index contributed by atoms with van der Waals surface area (Å²) in [6.07, 6.45) is 0. The van der Waals surface area contributed by atoms with Gasteiger partial charge in [-0.1, -0.05) is 26.8 Å². The van der Waals surface area contributed by atoms with Crippen LogP contribution in [-0.4, -0.2) is 4.98 Å². The van der Waals surface area contributed by atoms with Gasteiger partial charge in [0.25, 0.3) is 0 Å². The third-order valence-corrected chi connectivity index (χ3v) is 3.23. The van der Waals surface area contributed by atoms with E-state index < -0.39 is 0 Å². The summed E-state index contributed by atoms with van der Waals surface area (Å²) in [5.41, 5.74) is 8.32. The van der Waals surface area contributed by atoms with Crippen LogP contribution in [0.4, 0.5) is 4.39 Å². The molecule has 0 amide bonds. The highest BCUT2D eigenvalue weighted by atomic mass is 19.1. The third kappa shape index (κ3) is 3.79. The van der Waals surface area contributed by atoms with Crippen LogP contribution in [0.15, 0.2) is 30.3 Å². The lowest BCUT2D eigenvalue weighted by Crippen LogP contribution is -2.15. The molecule has 2 aromatic rings. The van der Waals surface area contributed by atoms with Gasteiger partial charge in [-0.2, -0.15) is 0 Å². The zero-order valence-electron chi connectivity index (χ0n) is 12.9. The Labute approximate surface area is 125 Å².